The van der Waals surface area contributed by atoms with Crippen LogP contribution >= 0.6 is 0 Å². The number of fused-ring (bicyclic) bond motifs is 1. The number of nitrogens with zero attached hydrogens (tertiary/aromatic N) is 1. The second kappa shape index (κ2) is 7.30. The minimum Gasteiger partial charge on any atom is -0.496 e. The van der Waals surface area contributed by atoms with Gasteiger partial charge in [-0.3, -0.25) is 9.59 Å². The molecule has 2 aromatic rings. The summed E-state index contributed by atoms with van der Waals surface area (Å²) >= 11 is 0. The number of para-hydroxylation sites is 2. The van der Waals surface area contributed by atoms with Gasteiger partial charge in [0.15, 0.2) is 11.4 Å². The first-order chi connectivity index (χ1) is 12.5. The summed E-state index contributed by atoms with van der Waals surface area (Å²) in [4.78, 5) is 27.4. The molecule has 0 saturated heterocycles. The number of aliphatic hydroxyl groups is 1. The van der Waals surface area contributed by atoms with Crippen molar-refractivity contribution in [3.8, 4) is 5.75 Å². The van der Waals surface area contributed by atoms with E-state index in [4.69, 9.17) is 4.74 Å². The van der Waals surface area contributed by atoms with Crippen molar-refractivity contribution >= 4 is 17.4 Å². The van der Waals surface area contributed by atoms with Gasteiger partial charge in [0.05, 0.1) is 24.8 Å². The molecule has 1 atom stereocenters. The fourth-order valence-corrected chi connectivity index (χ4v) is 3.42. The average Bonchev–Trinajstić information content (AvgIpc) is 2.87. The first kappa shape index (κ1) is 18.1. The van der Waals surface area contributed by atoms with Gasteiger partial charge in [-0.1, -0.05) is 43.7 Å². The van der Waals surface area contributed by atoms with E-state index in [1.165, 1.54) is 7.11 Å². The van der Waals surface area contributed by atoms with E-state index in [1.54, 1.807) is 41.3 Å². The third-order valence-electron chi connectivity index (χ3n) is 4.80. The van der Waals surface area contributed by atoms with E-state index in [9.17, 15) is 14.7 Å². The molecule has 1 N–H and O–H groups in total. The third kappa shape index (κ3) is 2.99. The minimum absolute atomic E-state index is 0.314. The summed E-state index contributed by atoms with van der Waals surface area (Å²) in [5, 5.41) is 11.2. The lowest BCUT2D eigenvalue weighted by atomic mass is 9.88. The van der Waals surface area contributed by atoms with E-state index < -0.39 is 11.5 Å². The predicted molar refractivity (Wildman–Crippen MR) is 99.5 cm³/mol. The number of methoxy groups -OCH3 is 1. The molecule has 0 saturated carbocycles. The van der Waals surface area contributed by atoms with Crippen LogP contribution in [0.15, 0.2) is 48.5 Å². The number of ketones is 1. The van der Waals surface area contributed by atoms with E-state index in [2.05, 4.69) is 0 Å². The molecular weight excluding hydrogens is 330 g/mol. The highest BCUT2D eigenvalue weighted by atomic mass is 16.5. The van der Waals surface area contributed by atoms with Gasteiger partial charge < -0.3 is 14.7 Å². The van der Waals surface area contributed by atoms with Crippen LogP contribution in [0, 0.1) is 0 Å². The summed E-state index contributed by atoms with van der Waals surface area (Å²) in [7, 11) is 1.49. The van der Waals surface area contributed by atoms with Gasteiger partial charge in [0.25, 0.3) is 5.91 Å². The number of anilines is 1. The number of unbranched alkanes of at least 4 members (excludes halogenated alkanes) is 1. The molecule has 0 unspecified atom stereocenters. The first-order valence-corrected chi connectivity index (χ1v) is 8.83. The van der Waals surface area contributed by atoms with Crippen molar-refractivity contribution in [3.05, 3.63) is 59.7 Å². The van der Waals surface area contributed by atoms with Gasteiger partial charge in [-0.2, -0.15) is 0 Å². The molecule has 1 aliphatic rings. The third-order valence-corrected chi connectivity index (χ3v) is 4.80. The highest BCUT2D eigenvalue weighted by Crippen LogP contribution is 2.43. The highest BCUT2D eigenvalue weighted by molar-refractivity contribution is 6.11. The fraction of sp³-hybridized carbons (Fsp3) is 0.333. The SMILES string of the molecule is CCCCN1C(=O)[C@](O)(CC(=O)c2ccccc2OC)c2ccccc21. The van der Waals surface area contributed by atoms with E-state index >= 15 is 0 Å². The molecule has 5 heteroatoms. The van der Waals surface area contributed by atoms with Crippen molar-refractivity contribution in [2.24, 2.45) is 0 Å². The second-order valence-corrected chi connectivity index (χ2v) is 6.49. The average molecular weight is 353 g/mol. The number of benzene rings is 2. The molecule has 136 valence electrons. The summed E-state index contributed by atoms with van der Waals surface area (Å²) in [6.45, 7) is 2.57. The molecule has 0 spiro atoms. The van der Waals surface area contributed by atoms with Crippen molar-refractivity contribution in [2.45, 2.75) is 31.8 Å². The first-order valence-electron chi connectivity index (χ1n) is 8.83. The molecule has 0 aliphatic carbocycles. The zero-order valence-electron chi connectivity index (χ0n) is 15.1. The molecule has 0 aromatic heterocycles. The largest absolute Gasteiger partial charge is 0.496 e. The predicted octanol–water partition coefficient (Wildman–Crippen LogP) is 3.30. The maximum Gasteiger partial charge on any atom is 0.264 e. The van der Waals surface area contributed by atoms with Crippen LogP contribution < -0.4 is 9.64 Å². The normalized spacial score (nSPS) is 18.7. The molecule has 1 aliphatic heterocycles. The number of carbonyl (C=O) groups is 2. The van der Waals surface area contributed by atoms with Gasteiger partial charge in [-0.05, 0) is 24.6 Å². The standard InChI is InChI=1S/C21H23NO4/c1-3-4-13-22-17-11-7-6-10-16(17)21(25,20(22)24)14-18(23)15-9-5-8-12-19(15)26-2/h5-12,25H,3-4,13-14H2,1-2H3/t21-/m0/s1. The monoisotopic (exact) mass is 353 g/mol. The van der Waals surface area contributed by atoms with Crippen LogP contribution in [0.4, 0.5) is 5.69 Å². The van der Waals surface area contributed by atoms with Crippen LogP contribution in [0.25, 0.3) is 0 Å². The summed E-state index contributed by atoms with van der Waals surface area (Å²) in [6.07, 6.45) is 1.45. The van der Waals surface area contributed by atoms with Crippen LogP contribution in [-0.2, 0) is 10.4 Å². The fourth-order valence-electron chi connectivity index (χ4n) is 3.42. The number of hydrogen-bond acceptors (Lipinski definition) is 4. The Kier molecular flexibility index (Phi) is 5.09. The Balaban J connectivity index is 1.96. The van der Waals surface area contributed by atoms with Crippen molar-refractivity contribution in [3.63, 3.8) is 0 Å². The summed E-state index contributed by atoms with van der Waals surface area (Å²) in [6, 6.07) is 14.0. The Labute approximate surface area is 153 Å². The lowest BCUT2D eigenvalue weighted by molar-refractivity contribution is -0.135. The molecule has 0 fully saturated rings. The zero-order valence-corrected chi connectivity index (χ0v) is 15.1. The van der Waals surface area contributed by atoms with Crippen LogP contribution in [0.1, 0.15) is 42.1 Å². The molecule has 1 heterocycles. The van der Waals surface area contributed by atoms with Gasteiger partial charge in [-0.15, -0.1) is 0 Å². The van der Waals surface area contributed by atoms with E-state index in [0.717, 1.165) is 12.8 Å². The Morgan fingerprint density at radius 3 is 2.58 bits per heavy atom. The zero-order chi connectivity index (χ0) is 18.7. The number of carbonyl (C=O) groups excluding carboxylic acids is 2. The Bertz CT molecular complexity index is 832. The van der Waals surface area contributed by atoms with Crippen molar-refractivity contribution in [1.29, 1.82) is 0 Å². The quantitative estimate of drug-likeness (QED) is 0.776. The van der Waals surface area contributed by atoms with Gasteiger partial charge >= 0.3 is 0 Å². The van der Waals surface area contributed by atoms with Crippen molar-refractivity contribution in [1.82, 2.24) is 0 Å². The van der Waals surface area contributed by atoms with Crippen LogP contribution in [0.2, 0.25) is 0 Å². The Morgan fingerprint density at radius 1 is 1.15 bits per heavy atom. The van der Waals surface area contributed by atoms with Crippen LogP contribution in [-0.4, -0.2) is 30.5 Å². The molecule has 0 radical (unpaired) electrons. The van der Waals surface area contributed by atoms with Gasteiger partial charge in [0.1, 0.15) is 5.75 Å². The number of hydrogen-bond donors (Lipinski definition) is 1. The highest BCUT2D eigenvalue weighted by Gasteiger charge is 2.50. The number of amides is 1. The summed E-state index contributed by atoms with van der Waals surface area (Å²) in [5.74, 6) is -0.330. The summed E-state index contributed by atoms with van der Waals surface area (Å²) in [5.41, 5.74) is -0.311. The van der Waals surface area contributed by atoms with Crippen LogP contribution in [0.3, 0.4) is 0 Å². The minimum atomic E-state index is -1.84. The number of rotatable bonds is 7. The maximum absolute atomic E-state index is 13.0. The molecule has 2 aromatic carbocycles. The Hall–Kier alpha value is -2.66. The lowest BCUT2D eigenvalue weighted by Crippen LogP contribution is -2.42. The van der Waals surface area contributed by atoms with Crippen LogP contribution in [0.5, 0.6) is 5.75 Å². The topological polar surface area (TPSA) is 66.8 Å². The van der Waals surface area contributed by atoms with E-state index in [1.807, 2.05) is 19.1 Å². The molecule has 3 rings (SSSR count). The second-order valence-electron chi connectivity index (χ2n) is 6.49. The Morgan fingerprint density at radius 2 is 1.85 bits per heavy atom. The molecule has 26 heavy (non-hydrogen) atoms. The molecule has 5 nitrogen and oxygen atoms in total. The maximum atomic E-state index is 13.0. The lowest BCUT2D eigenvalue weighted by Gasteiger charge is -2.23. The van der Waals surface area contributed by atoms with Crippen molar-refractivity contribution < 1.29 is 19.4 Å². The number of ether oxygens (including phenoxy) is 1. The van der Waals surface area contributed by atoms with E-state index in [-0.39, 0.29) is 12.2 Å². The molecule has 0 bridgehead atoms. The summed E-state index contributed by atoms with van der Waals surface area (Å²) < 4.78 is 5.24. The van der Waals surface area contributed by atoms with Gasteiger partial charge in [-0.25, -0.2) is 0 Å². The van der Waals surface area contributed by atoms with Gasteiger partial charge in [0, 0.05) is 12.1 Å². The molecule has 1 amide bonds. The molecular formula is C21H23NO4. The smallest absolute Gasteiger partial charge is 0.264 e. The van der Waals surface area contributed by atoms with Gasteiger partial charge in [0.2, 0.25) is 0 Å². The van der Waals surface area contributed by atoms with E-state index in [0.29, 0.717) is 29.1 Å². The number of Topliss-reactive ketones (excluding diaryl/α,β-unsaturated/α-hetero) is 1. The van der Waals surface area contributed by atoms with Crippen molar-refractivity contribution in [2.75, 3.05) is 18.6 Å².